The molecule has 1 aromatic heterocycles. The summed E-state index contributed by atoms with van der Waals surface area (Å²) in [6.45, 7) is 2.82. The Labute approximate surface area is 147 Å². The lowest BCUT2D eigenvalue weighted by atomic mass is 10.2. The van der Waals surface area contributed by atoms with Crippen LogP contribution in [-0.2, 0) is 6.54 Å². The van der Waals surface area contributed by atoms with Gasteiger partial charge >= 0.3 is 0 Å². The Morgan fingerprint density at radius 3 is 2.62 bits per heavy atom. The molecule has 0 unspecified atom stereocenters. The standard InChI is InChI=1S/C19H19ClN4/c1-14-8-9-16(20)10-17(14)23-18-11-19(22-13-21-18)24(2)12-15-6-4-3-5-7-15/h3-11,13H,12H2,1-2H3,(H,21,22,23). The summed E-state index contributed by atoms with van der Waals surface area (Å²) < 4.78 is 0. The molecule has 0 aliphatic carbocycles. The summed E-state index contributed by atoms with van der Waals surface area (Å²) in [4.78, 5) is 10.8. The van der Waals surface area contributed by atoms with Crippen LogP contribution in [0.3, 0.4) is 0 Å². The fraction of sp³-hybridized carbons (Fsp3) is 0.158. The second kappa shape index (κ2) is 7.32. The van der Waals surface area contributed by atoms with Gasteiger partial charge in [-0.25, -0.2) is 9.97 Å². The fourth-order valence-electron chi connectivity index (χ4n) is 2.43. The maximum atomic E-state index is 6.07. The second-order valence-corrected chi connectivity index (χ2v) is 6.12. The highest BCUT2D eigenvalue weighted by atomic mass is 35.5. The fourth-order valence-corrected chi connectivity index (χ4v) is 2.60. The molecule has 3 rings (SSSR count). The molecule has 0 radical (unpaired) electrons. The average Bonchev–Trinajstić information content (AvgIpc) is 2.59. The van der Waals surface area contributed by atoms with Crippen molar-refractivity contribution in [3.05, 3.63) is 77.1 Å². The number of rotatable bonds is 5. The van der Waals surface area contributed by atoms with Gasteiger partial charge in [0.25, 0.3) is 0 Å². The van der Waals surface area contributed by atoms with Gasteiger partial charge in [0.15, 0.2) is 0 Å². The first-order valence-electron chi connectivity index (χ1n) is 7.72. The Kier molecular flexibility index (Phi) is 4.96. The van der Waals surface area contributed by atoms with Crippen LogP contribution in [0.1, 0.15) is 11.1 Å². The average molecular weight is 339 g/mol. The smallest absolute Gasteiger partial charge is 0.135 e. The second-order valence-electron chi connectivity index (χ2n) is 5.69. The van der Waals surface area contributed by atoms with Crippen LogP contribution in [0.4, 0.5) is 17.3 Å². The van der Waals surface area contributed by atoms with Gasteiger partial charge in [-0.05, 0) is 30.2 Å². The van der Waals surface area contributed by atoms with Gasteiger partial charge in [0.1, 0.15) is 18.0 Å². The van der Waals surface area contributed by atoms with Crippen molar-refractivity contribution in [1.82, 2.24) is 9.97 Å². The van der Waals surface area contributed by atoms with Crippen LogP contribution in [0, 0.1) is 6.92 Å². The number of aryl methyl sites for hydroxylation is 1. The zero-order valence-electron chi connectivity index (χ0n) is 13.7. The van der Waals surface area contributed by atoms with E-state index < -0.39 is 0 Å². The molecule has 4 nitrogen and oxygen atoms in total. The molecule has 0 fully saturated rings. The first kappa shape index (κ1) is 16.3. The lowest BCUT2D eigenvalue weighted by molar-refractivity contribution is 0.892. The summed E-state index contributed by atoms with van der Waals surface area (Å²) in [5.74, 6) is 1.60. The SMILES string of the molecule is Cc1ccc(Cl)cc1Nc1cc(N(C)Cc2ccccc2)ncn1. The summed E-state index contributed by atoms with van der Waals surface area (Å²) in [6.07, 6.45) is 1.57. The Hall–Kier alpha value is -2.59. The number of nitrogens with zero attached hydrogens (tertiary/aromatic N) is 3. The van der Waals surface area contributed by atoms with E-state index in [0.29, 0.717) is 5.02 Å². The Bertz CT molecular complexity index is 821. The molecule has 0 bridgehead atoms. The van der Waals surface area contributed by atoms with Crippen molar-refractivity contribution in [3.8, 4) is 0 Å². The van der Waals surface area contributed by atoms with Crippen molar-refractivity contribution in [3.63, 3.8) is 0 Å². The molecule has 2 aromatic carbocycles. The molecular weight excluding hydrogens is 320 g/mol. The molecule has 0 aliphatic rings. The zero-order valence-corrected chi connectivity index (χ0v) is 14.5. The van der Waals surface area contributed by atoms with Crippen molar-refractivity contribution >= 4 is 28.9 Å². The van der Waals surface area contributed by atoms with Gasteiger partial charge in [0, 0.05) is 30.4 Å². The molecule has 1 heterocycles. The quantitative estimate of drug-likeness (QED) is 0.724. The van der Waals surface area contributed by atoms with Crippen LogP contribution in [0.2, 0.25) is 5.02 Å². The van der Waals surface area contributed by atoms with Crippen molar-refractivity contribution in [2.45, 2.75) is 13.5 Å². The predicted molar refractivity (Wildman–Crippen MR) is 100 cm³/mol. The van der Waals surface area contributed by atoms with E-state index in [2.05, 4.69) is 32.3 Å². The van der Waals surface area contributed by atoms with Crippen molar-refractivity contribution in [1.29, 1.82) is 0 Å². The van der Waals surface area contributed by atoms with E-state index in [-0.39, 0.29) is 0 Å². The van der Waals surface area contributed by atoms with Gasteiger partial charge in [-0.2, -0.15) is 0 Å². The third-order valence-electron chi connectivity index (χ3n) is 3.77. The topological polar surface area (TPSA) is 41.0 Å². The van der Waals surface area contributed by atoms with Crippen LogP contribution in [0.15, 0.2) is 60.9 Å². The van der Waals surface area contributed by atoms with E-state index >= 15 is 0 Å². The Morgan fingerprint density at radius 2 is 1.83 bits per heavy atom. The highest BCUT2D eigenvalue weighted by molar-refractivity contribution is 6.30. The van der Waals surface area contributed by atoms with Crippen molar-refractivity contribution < 1.29 is 0 Å². The maximum absolute atomic E-state index is 6.07. The van der Waals surface area contributed by atoms with Crippen LogP contribution >= 0.6 is 11.6 Å². The molecule has 0 spiro atoms. The van der Waals surface area contributed by atoms with Gasteiger partial charge in [-0.3, -0.25) is 0 Å². The number of halogens is 1. The third-order valence-corrected chi connectivity index (χ3v) is 4.00. The molecule has 0 aliphatic heterocycles. The van der Waals surface area contributed by atoms with Gasteiger partial charge in [0.05, 0.1) is 0 Å². The molecule has 0 saturated carbocycles. The number of hydrogen-bond donors (Lipinski definition) is 1. The monoisotopic (exact) mass is 338 g/mol. The molecular formula is C19H19ClN4. The summed E-state index contributed by atoms with van der Waals surface area (Å²) in [7, 11) is 2.02. The predicted octanol–water partition coefficient (Wildman–Crippen LogP) is 4.82. The van der Waals surface area contributed by atoms with Gasteiger partial charge < -0.3 is 10.2 Å². The van der Waals surface area contributed by atoms with Crippen molar-refractivity contribution in [2.24, 2.45) is 0 Å². The molecule has 0 atom stereocenters. The van der Waals surface area contributed by atoms with E-state index in [4.69, 9.17) is 11.6 Å². The third kappa shape index (κ3) is 4.03. The van der Waals surface area contributed by atoms with Crippen molar-refractivity contribution in [2.75, 3.05) is 17.3 Å². The number of benzene rings is 2. The van der Waals surface area contributed by atoms with E-state index in [1.54, 1.807) is 6.33 Å². The first-order valence-corrected chi connectivity index (χ1v) is 8.10. The molecule has 24 heavy (non-hydrogen) atoms. The summed E-state index contributed by atoms with van der Waals surface area (Å²) >= 11 is 6.07. The summed E-state index contributed by atoms with van der Waals surface area (Å²) in [5.41, 5.74) is 3.29. The van der Waals surface area contributed by atoms with Gasteiger partial charge in [-0.1, -0.05) is 48.0 Å². The largest absolute Gasteiger partial charge is 0.355 e. The highest BCUT2D eigenvalue weighted by Gasteiger charge is 2.07. The van der Waals surface area contributed by atoms with E-state index in [0.717, 1.165) is 29.4 Å². The van der Waals surface area contributed by atoms with E-state index in [9.17, 15) is 0 Å². The molecule has 5 heteroatoms. The number of hydrogen-bond acceptors (Lipinski definition) is 4. The Balaban J connectivity index is 1.77. The van der Waals surface area contributed by atoms with E-state index in [1.807, 2.05) is 56.4 Å². The number of anilines is 3. The highest BCUT2D eigenvalue weighted by Crippen LogP contribution is 2.24. The minimum atomic E-state index is 0.693. The molecule has 0 amide bonds. The number of aromatic nitrogens is 2. The Morgan fingerprint density at radius 1 is 1.04 bits per heavy atom. The summed E-state index contributed by atoms with van der Waals surface area (Å²) in [6, 6.07) is 18.0. The molecule has 122 valence electrons. The van der Waals surface area contributed by atoms with Gasteiger partial charge in [-0.15, -0.1) is 0 Å². The minimum Gasteiger partial charge on any atom is -0.355 e. The minimum absolute atomic E-state index is 0.693. The normalized spacial score (nSPS) is 10.5. The molecule has 3 aromatic rings. The molecule has 1 N–H and O–H groups in total. The van der Waals surface area contributed by atoms with Crippen LogP contribution in [0.5, 0.6) is 0 Å². The first-order chi connectivity index (χ1) is 11.6. The lowest BCUT2D eigenvalue weighted by Gasteiger charge is -2.19. The zero-order chi connectivity index (χ0) is 16.9. The molecule has 0 saturated heterocycles. The maximum Gasteiger partial charge on any atom is 0.135 e. The van der Waals surface area contributed by atoms with Crippen LogP contribution in [-0.4, -0.2) is 17.0 Å². The van der Waals surface area contributed by atoms with E-state index in [1.165, 1.54) is 5.56 Å². The van der Waals surface area contributed by atoms with Crippen LogP contribution in [0.25, 0.3) is 0 Å². The lowest BCUT2D eigenvalue weighted by Crippen LogP contribution is -2.18. The van der Waals surface area contributed by atoms with Crippen LogP contribution < -0.4 is 10.2 Å². The van der Waals surface area contributed by atoms with Gasteiger partial charge in [0.2, 0.25) is 0 Å². The summed E-state index contributed by atoms with van der Waals surface area (Å²) in [5, 5.41) is 4.00. The number of nitrogens with one attached hydrogen (secondary N) is 1.